The Hall–Kier alpha value is -2.28. The molecule has 1 amide bonds. The highest BCUT2D eigenvalue weighted by Crippen LogP contribution is 2.23. The number of phenolic OH excluding ortho intramolecular Hbond substituents is 1. The number of aromatic amines is 1. The molecule has 7 heteroatoms. The molecule has 2 rings (SSSR count). The van der Waals surface area contributed by atoms with Gasteiger partial charge in [0.05, 0.1) is 0 Å². The van der Waals surface area contributed by atoms with Gasteiger partial charge in [0.2, 0.25) is 5.00 Å². The van der Waals surface area contributed by atoms with E-state index in [4.69, 9.17) is 0 Å². The molecule has 6 nitrogen and oxygen atoms in total. The van der Waals surface area contributed by atoms with E-state index >= 15 is 0 Å². The number of nitrogens with zero attached hydrogens (tertiary/aromatic N) is 1. The number of anilines is 1. The van der Waals surface area contributed by atoms with Crippen LogP contribution >= 0.6 is 11.3 Å². The number of para-hydroxylation sites is 1. The number of phenols is 1. The maximum Gasteiger partial charge on any atom is 0.343 e. The van der Waals surface area contributed by atoms with Crippen molar-refractivity contribution >= 4 is 27.4 Å². The van der Waals surface area contributed by atoms with Crippen molar-refractivity contribution in [3.63, 3.8) is 0 Å². The number of benzene rings is 1. The summed E-state index contributed by atoms with van der Waals surface area (Å²) in [6.07, 6.45) is 1.39. The predicted octanol–water partition coefficient (Wildman–Crippen LogP) is 1.92. The number of H-pyrrole nitrogens is 1. The molecule has 0 saturated carbocycles. The number of thiazole rings is 1. The Labute approximate surface area is 99.9 Å². The van der Waals surface area contributed by atoms with Gasteiger partial charge in [-0.1, -0.05) is 12.1 Å². The minimum atomic E-state index is -0.460. The van der Waals surface area contributed by atoms with Gasteiger partial charge in [-0.05, 0) is 28.6 Å². The van der Waals surface area contributed by atoms with Crippen molar-refractivity contribution in [3.8, 4) is 5.75 Å². The van der Waals surface area contributed by atoms with Crippen LogP contribution in [0.25, 0.3) is 0 Å². The minimum absolute atomic E-state index is 0.102. The number of hydrogen-bond donors (Lipinski definition) is 2. The summed E-state index contributed by atoms with van der Waals surface area (Å²) in [6, 6.07) is 6.19. The first-order valence-corrected chi connectivity index (χ1v) is 5.46. The van der Waals surface area contributed by atoms with Crippen LogP contribution in [0.1, 0.15) is 10.4 Å². The standard InChI is InChI=1S/C10H7N3O3S/c14-7-4-2-1-3-6(7)9(15)12-10-11-5-8(13-16)17-10/h1-5,14H,(H,11,12,15)/p+1. The number of aromatic hydroxyl groups is 1. The topological polar surface area (TPSA) is 92.9 Å². The van der Waals surface area contributed by atoms with E-state index in [1.807, 2.05) is 0 Å². The molecule has 1 aromatic heterocycles. The van der Waals surface area contributed by atoms with E-state index in [1.165, 1.54) is 18.3 Å². The molecule has 0 unspecified atom stereocenters. The number of nitroso groups, excluding NO2 is 1. The van der Waals surface area contributed by atoms with Crippen LogP contribution in [0.4, 0.5) is 10.1 Å². The van der Waals surface area contributed by atoms with Gasteiger partial charge in [0, 0.05) is 0 Å². The molecule has 1 aromatic carbocycles. The second-order valence-corrected chi connectivity index (χ2v) is 4.15. The summed E-state index contributed by atoms with van der Waals surface area (Å²) < 4.78 is 0. The fraction of sp³-hybridized carbons (Fsp3) is 0. The number of nitrogens with one attached hydrogen (secondary N) is 2. The quantitative estimate of drug-likeness (QED) is 0.815. The molecule has 0 radical (unpaired) electrons. The summed E-state index contributed by atoms with van der Waals surface area (Å²) in [5, 5.41) is 15.3. The van der Waals surface area contributed by atoms with Crippen molar-refractivity contribution < 1.29 is 14.9 Å². The Bertz CT molecular complexity index is 567. The van der Waals surface area contributed by atoms with Crippen LogP contribution in [0.15, 0.2) is 35.6 Å². The second-order valence-electron chi connectivity index (χ2n) is 3.12. The van der Waals surface area contributed by atoms with E-state index in [1.54, 1.807) is 12.1 Å². The Kier molecular flexibility index (Phi) is 3.10. The maximum atomic E-state index is 11.7. The van der Waals surface area contributed by atoms with Gasteiger partial charge >= 0.3 is 11.0 Å². The molecule has 3 N–H and O–H groups in total. The number of hydrogen-bond acceptors (Lipinski definition) is 5. The fourth-order valence-electron chi connectivity index (χ4n) is 1.23. The number of carbonyl (C=O) groups is 1. The van der Waals surface area contributed by atoms with Crippen LogP contribution in [-0.4, -0.2) is 11.0 Å². The number of carbonyl (C=O) groups excluding carboxylic acids is 1. The molecule has 0 atom stereocenters. The van der Waals surface area contributed by atoms with Crippen LogP contribution in [0.5, 0.6) is 5.75 Å². The van der Waals surface area contributed by atoms with Crippen LogP contribution in [0, 0.1) is 4.91 Å². The minimum Gasteiger partial charge on any atom is -0.507 e. The first-order chi connectivity index (χ1) is 8.20. The van der Waals surface area contributed by atoms with E-state index in [0.717, 1.165) is 11.3 Å². The third kappa shape index (κ3) is 2.45. The highest BCUT2D eigenvalue weighted by molar-refractivity contribution is 7.18. The van der Waals surface area contributed by atoms with E-state index < -0.39 is 5.91 Å². The summed E-state index contributed by atoms with van der Waals surface area (Å²) in [4.78, 5) is 24.6. The first-order valence-electron chi connectivity index (χ1n) is 4.65. The molecule has 0 aliphatic rings. The number of amides is 1. The molecular weight excluding hydrogens is 242 g/mol. The second kappa shape index (κ2) is 4.71. The lowest BCUT2D eigenvalue weighted by atomic mass is 10.2. The Morgan fingerprint density at radius 1 is 1.41 bits per heavy atom. The van der Waals surface area contributed by atoms with E-state index in [2.05, 4.69) is 15.5 Å². The Balaban J connectivity index is 2.17. The highest BCUT2D eigenvalue weighted by Gasteiger charge is 2.18. The Morgan fingerprint density at radius 3 is 2.82 bits per heavy atom. The molecule has 0 saturated heterocycles. The summed E-state index contributed by atoms with van der Waals surface area (Å²) in [5.74, 6) is -0.561. The third-order valence-corrected chi connectivity index (χ3v) is 2.82. The van der Waals surface area contributed by atoms with Gasteiger partial charge in [-0.2, -0.15) is 5.32 Å². The fourth-order valence-corrected chi connectivity index (χ4v) is 1.86. The molecule has 2 aromatic rings. The van der Waals surface area contributed by atoms with Crippen molar-refractivity contribution in [1.82, 2.24) is 0 Å². The average molecular weight is 250 g/mol. The zero-order valence-corrected chi connectivity index (χ0v) is 9.32. The van der Waals surface area contributed by atoms with Crippen molar-refractivity contribution in [2.75, 3.05) is 5.32 Å². The van der Waals surface area contributed by atoms with Gasteiger partial charge in [-0.3, -0.25) is 0 Å². The normalized spacial score (nSPS) is 9.88. The van der Waals surface area contributed by atoms with Gasteiger partial charge in [0.15, 0.2) is 0 Å². The molecule has 1 heterocycles. The number of aromatic nitrogens is 1. The maximum absolute atomic E-state index is 11.7. The molecule has 0 bridgehead atoms. The zero-order valence-electron chi connectivity index (χ0n) is 8.51. The van der Waals surface area contributed by atoms with Crippen LogP contribution in [-0.2, 0) is 0 Å². The van der Waals surface area contributed by atoms with Gasteiger partial charge in [0.25, 0.3) is 0 Å². The molecule has 0 spiro atoms. The lowest BCUT2D eigenvalue weighted by molar-refractivity contribution is -0.353. The molecule has 0 fully saturated rings. The monoisotopic (exact) mass is 250 g/mol. The third-order valence-electron chi connectivity index (χ3n) is 2.00. The first kappa shape index (κ1) is 11.2. The summed E-state index contributed by atoms with van der Waals surface area (Å²) in [6.45, 7) is 0. The van der Waals surface area contributed by atoms with Crippen molar-refractivity contribution in [1.29, 1.82) is 0 Å². The van der Waals surface area contributed by atoms with Gasteiger partial charge in [0.1, 0.15) is 17.5 Å². The van der Waals surface area contributed by atoms with Gasteiger partial charge in [-0.25, -0.2) is 9.78 Å². The van der Waals surface area contributed by atoms with Gasteiger partial charge < -0.3 is 5.11 Å². The van der Waals surface area contributed by atoms with Crippen molar-refractivity contribution in [2.45, 2.75) is 0 Å². The van der Waals surface area contributed by atoms with E-state index in [-0.39, 0.29) is 16.3 Å². The summed E-state index contributed by atoms with van der Waals surface area (Å²) in [5.41, 5.74) is 0.162. The lowest BCUT2D eigenvalue weighted by Gasteiger charge is -1.98. The average Bonchev–Trinajstić information content (AvgIpc) is 2.77. The van der Waals surface area contributed by atoms with Crippen LogP contribution in [0.3, 0.4) is 0 Å². The predicted molar refractivity (Wildman–Crippen MR) is 62.4 cm³/mol. The number of rotatable bonds is 3. The lowest BCUT2D eigenvalue weighted by Crippen LogP contribution is -2.16. The Morgan fingerprint density at radius 2 is 2.18 bits per heavy atom. The van der Waals surface area contributed by atoms with Crippen LogP contribution in [0.2, 0.25) is 0 Å². The molecule has 0 aliphatic heterocycles. The molecule has 86 valence electrons. The van der Waals surface area contributed by atoms with E-state index in [9.17, 15) is 14.8 Å². The summed E-state index contributed by atoms with van der Waals surface area (Å²) >= 11 is 1.01. The zero-order chi connectivity index (χ0) is 12.3. The summed E-state index contributed by atoms with van der Waals surface area (Å²) in [7, 11) is 0. The van der Waals surface area contributed by atoms with Crippen molar-refractivity contribution in [2.24, 2.45) is 5.18 Å². The van der Waals surface area contributed by atoms with Gasteiger partial charge in [-0.15, -0.1) is 4.91 Å². The largest absolute Gasteiger partial charge is 0.507 e. The SMILES string of the molecule is O=Nc1c[nH+]c(NC(=O)c2ccccc2O)s1. The molecule has 0 aliphatic carbocycles. The smallest absolute Gasteiger partial charge is 0.343 e. The van der Waals surface area contributed by atoms with Crippen molar-refractivity contribution in [3.05, 3.63) is 40.9 Å². The highest BCUT2D eigenvalue weighted by atomic mass is 32.1. The van der Waals surface area contributed by atoms with E-state index in [0.29, 0.717) is 5.13 Å². The molecular formula is C10H8N3O3S+. The molecule has 17 heavy (non-hydrogen) atoms. The van der Waals surface area contributed by atoms with Crippen LogP contribution < -0.4 is 10.3 Å².